The fraction of sp³-hybridized carbons (Fsp3) is 0.533. The highest BCUT2D eigenvalue weighted by Crippen LogP contribution is 2.23. The zero-order chi connectivity index (χ0) is 13.5. The summed E-state index contributed by atoms with van der Waals surface area (Å²) in [6.45, 7) is 6.44. The highest BCUT2D eigenvalue weighted by molar-refractivity contribution is 5.69. The van der Waals surface area contributed by atoms with Gasteiger partial charge in [-0.3, -0.25) is 4.79 Å². The largest absolute Gasteiger partial charge is 0.497 e. The number of carbonyl (C=O) groups is 1. The number of ether oxygens (including phenoxy) is 2. The van der Waals surface area contributed by atoms with Crippen LogP contribution < -0.4 is 4.74 Å². The Labute approximate surface area is 109 Å². The minimum Gasteiger partial charge on any atom is -0.497 e. The number of benzene rings is 1. The molecule has 0 N–H and O–H groups in total. The number of aryl methyl sites for hydroxylation is 2. The van der Waals surface area contributed by atoms with Gasteiger partial charge < -0.3 is 9.47 Å². The maximum Gasteiger partial charge on any atom is 0.305 e. The molecule has 3 nitrogen and oxygen atoms in total. The monoisotopic (exact) mass is 250 g/mol. The van der Waals surface area contributed by atoms with E-state index in [2.05, 4.69) is 13.8 Å². The van der Waals surface area contributed by atoms with Crippen LogP contribution in [0.3, 0.4) is 0 Å². The van der Waals surface area contributed by atoms with Gasteiger partial charge in [-0.2, -0.15) is 0 Å². The van der Waals surface area contributed by atoms with E-state index in [4.69, 9.17) is 9.47 Å². The molecule has 0 spiro atoms. The van der Waals surface area contributed by atoms with Gasteiger partial charge in [0.05, 0.1) is 13.7 Å². The minimum absolute atomic E-state index is 0.110. The van der Waals surface area contributed by atoms with E-state index < -0.39 is 0 Å². The van der Waals surface area contributed by atoms with E-state index in [9.17, 15) is 4.79 Å². The maximum absolute atomic E-state index is 11.3. The highest BCUT2D eigenvalue weighted by atomic mass is 16.5. The molecule has 18 heavy (non-hydrogen) atoms. The van der Waals surface area contributed by atoms with Crippen molar-refractivity contribution in [3.05, 3.63) is 28.8 Å². The molecule has 1 aromatic rings. The topological polar surface area (TPSA) is 35.5 Å². The Morgan fingerprint density at radius 2 is 1.83 bits per heavy atom. The van der Waals surface area contributed by atoms with Crippen LogP contribution in [0.2, 0.25) is 0 Å². The van der Waals surface area contributed by atoms with Crippen LogP contribution in [0.1, 0.15) is 36.5 Å². The van der Waals surface area contributed by atoms with Gasteiger partial charge in [0, 0.05) is 6.42 Å². The molecule has 0 fully saturated rings. The van der Waals surface area contributed by atoms with Gasteiger partial charge >= 0.3 is 5.97 Å². The van der Waals surface area contributed by atoms with E-state index in [1.54, 1.807) is 7.11 Å². The maximum atomic E-state index is 11.3. The molecule has 3 heteroatoms. The van der Waals surface area contributed by atoms with Gasteiger partial charge in [-0.05, 0) is 62.4 Å². The molecule has 0 radical (unpaired) electrons. The van der Waals surface area contributed by atoms with E-state index in [0.717, 1.165) is 18.6 Å². The number of esters is 1. The Bertz CT molecular complexity index is 387. The van der Waals surface area contributed by atoms with Gasteiger partial charge in [-0.15, -0.1) is 0 Å². The number of hydrogen-bond donors (Lipinski definition) is 0. The van der Waals surface area contributed by atoms with Crippen LogP contribution in [0.4, 0.5) is 0 Å². The van der Waals surface area contributed by atoms with Crippen LogP contribution in [0.15, 0.2) is 12.1 Å². The zero-order valence-corrected chi connectivity index (χ0v) is 11.7. The summed E-state index contributed by atoms with van der Waals surface area (Å²) in [4.78, 5) is 11.3. The summed E-state index contributed by atoms with van der Waals surface area (Å²) in [6, 6.07) is 4.07. The van der Waals surface area contributed by atoms with Crippen LogP contribution in [0.25, 0.3) is 0 Å². The highest BCUT2D eigenvalue weighted by Gasteiger charge is 2.07. The molecule has 0 unspecified atom stereocenters. The molecule has 0 heterocycles. The lowest BCUT2D eigenvalue weighted by Crippen LogP contribution is -2.05. The zero-order valence-electron chi connectivity index (χ0n) is 11.7. The predicted octanol–water partition coefficient (Wildman–Crippen LogP) is 3.20. The summed E-state index contributed by atoms with van der Waals surface area (Å²) in [6.07, 6.45) is 2.21. The van der Waals surface area contributed by atoms with Crippen LogP contribution in [-0.2, 0) is 16.0 Å². The molecular weight excluding hydrogens is 228 g/mol. The molecule has 1 aromatic carbocycles. The second-order valence-corrected chi connectivity index (χ2v) is 4.40. The smallest absolute Gasteiger partial charge is 0.305 e. The molecule has 0 bridgehead atoms. The first-order valence-corrected chi connectivity index (χ1v) is 6.38. The first kappa shape index (κ1) is 14.6. The van der Waals surface area contributed by atoms with Crippen molar-refractivity contribution in [2.75, 3.05) is 13.7 Å². The number of hydrogen-bond acceptors (Lipinski definition) is 3. The van der Waals surface area contributed by atoms with Crippen molar-refractivity contribution in [3.63, 3.8) is 0 Å². The molecule has 1 rings (SSSR count). The lowest BCUT2D eigenvalue weighted by atomic mass is 9.97. The number of rotatable bonds is 6. The summed E-state index contributed by atoms with van der Waals surface area (Å²) >= 11 is 0. The van der Waals surface area contributed by atoms with Gasteiger partial charge in [-0.1, -0.05) is 0 Å². The Balaban J connectivity index is 2.60. The Morgan fingerprint density at radius 1 is 1.22 bits per heavy atom. The molecule has 0 saturated heterocycles. The lowest BCUT2D eigenvalue weighted by molar-refractivity contribution is -0.143. The predicted molar refractivity (Wildman–Crippen MR) is 72.0 cm³/mol. The van der Waals surface area contributed by atoms with Crippen LogP contribution in [0.5, 0.6) is 5.75 Å². The third-order valence-corrected chi connectivity index (χ3v) is 3.02. The van der Waals surface area contributed by atoms with Crippen molar-refractivity contribution in [3.8, 4) is 5.75 Å². The molecule has 0 atom stereocenters. The second kappa shape index (κ2) is 7.04. The molecule has 0 aromatic heterocycles. The fourth-order valence-corrected chi connectivity index (χ4v) is 2.11. The van der Waals surface area contributed by atoms with Crippen LogP contribution in [0, 0.1) is 13.8 Å². The fourth-order valence-electron chi connectivity index (χ4n) is 2.11. The van der Waals surface area contributed by atoms with E-state index in [1.165, 1.54) is 16.7 Å². The Kier molecular flexibility index (Phi) is 5.69. The van der Waals surface area contributed by atoms with Crippen molar-refractivity contribution in [1.29, 1.82) is 0 Å². The van der Waals surface area contributed by atoms with Gasteiger partial charge in [0.15, 0.2) is 0 Å². The summed E-state index contributed by atoms with van der Waals surface area (Å²) < 4.78 is 10.1. The first-order valence-electron chi connectivity index (χ1n) is 6.38. The van der Waals surface area contributed by atoms with Crippen molar-refractivity contribution < 1.29 is 14.3 Å². The first-order chi connectivity index (χ1) is 8.58. The molecule has 0 amide bonds. The average molecular weight is 250 g/mol. The minimum atomic E-state index is -0.110. The molecule has 0 aliphatic heterocycles. The second-order valence-electron chi connectivity index (χ2n) is 4.40. The van der Waals surface area contributed by atoms with E-state index >= 15 is 0 Å². The lowest BCUT2D eigenvalue weighted by Gasteiger charge is -2.12. The molecule has 0 aliphatic rings. The van der Waals surface area contributed by atoms with Crippen LogP contribution >= 0.6 is 0 Å². The van der Waals surface area contributed by atoms with E-state index in [0.29, 0.717) is 13.0 Å². The van der Waals surface area contributed by atoms with Gasteiger partial charge in [0.25, 0.3) is 0 Å². The standard InChI is InChI=1S/C15H22O3/c1-5-18-15(16)8-6-7-14-11(2)9-13(17-4)10-12(14)3/h9-10H,5-8H2,1-4H3. The number of carbonyl (C=O) groups excluding carboxylic acids is 1. The average Bonchev–Trinajstić information content (AvgIpc) is 2.32. The van der Waals surface area contributed by atoms with E-state index in [-0.39, 0.29) is 5.97 Å². The quantitative estimate of drug-likeness (QED) is 0.727. The van der Waals surface area contributed by atoms with Gasteiger partial charge in [0.1, 0.15) is 5.75 Å². The normalized spacial score (nSPS) is 10.2. The van der Waals surface area contributed by atoms with Crippen molar-refractivity contribution in [1.82, 2.24) is 0 Å². The molecule has 0 saturated carbocycles. The SMILES string of the molecule is CCOC(=O)CCCc1c(C)cc(OC)cc1C. The molecule has 0 aliphatic carbocycles. The Hall–Kier alpha value is -1.51. The van der Waals surface area contributed by atoms with Crippen molar-refractivity contribution >= 4 is 5.97 Å². The third-order valence-electron chi connectivity index (χ3n) is 3.02. The Morgan fingerprint density at radius 3 is 2.33 bits per heavy atom. The van der Waals surface area contributed by atoms with Gasteiger partial charge in [-0.25, -0.2) is 0 Å². The summed E-state index contributed by atoms with van der Waals surface area (Å²) in [5.74, 6) is 0.778. The number of methoxy groups -OCH3 is 1. The summed E-state index contributed by atoms with van der Waals surface area (Å²) in [7, 11) is 1.68. The van der Waals surface area contributed by atoms with Crippen LogP contribution in [-0.4, -0.2) is 19.7 Å². The molecule has 100 valence electrons. The summed E-state index contributed by atoms with van der Waals surface area (Å²) in [5.41, 5.74) is 3.74. The summed E-state index contributed by atoms with van der Waals surface area (Å²) in [5, 5.41) is 0. The van der Waals surface area contributed by atoms with Crippen molar-refractivity contribution in [2.45, 2.75) is 40.0 Å². The molecular formula is C15H22O3. The third kappa shape index (κ3) is 4.06. The van der Waals surface area contributed by atoms with E-state index in [1.807, 2.05) is 19.1 Å². The van der Waals surface area contributed by atoms with Gasteiger partial charge in [0.2, 0.25) is 0 Å². The van der Waals surface area contributed by atoms with Crippen molar-refractivity contribution in [2.24, 2.45) is 0 Å².